The molecule has 0 spiro atoms. The zero-order valence-electron chi connectivity index (χ0n) is 18.0. The van der Waals surface area contributed by atoms with Crippen molar-refractivity contribution >= 4 is 23.3 Å². The first kappa shape index (κ1) is 21.7. The van der Waals surface area contributed by atoms with Gasteiger partial charge in [-0.15, -0.1) is 0 Å². The Hall–Kier alpha value is -3.02. The molecule has 1 aliphatic carbocycles. The third-order valence-corrected chi connectivity index (χ3v) is 5.72. The second-order valence-corrected chi connectivity index (χ2v) is 7.92. The number of fused-ring (bicyclic) bond motifs is 1. The van der Waals surface area contributed by atoms with Crippen molar-refractivity contribution in [1.82, 2.24) is 5.32 Å². The van der Waals surface area contributed by atoms with Gasteiger partial charge in [0.2, 0.25) is 5.91 Å². The molecule has 0 radical (unpaired) electrons. The van der Waals surface area contributed by atoms with Gasteiger partial charge in [0.05, 0.1) is 7.11 Å². The summed E-state index contributed by atoms with van der Waals surface area (Å²) in [6.07, 6.45) is 5.69. The van der Waals surface area contributed by atoms with Gasteiger partial charge in [0.15, 0.2) is 0 Å². The zero-order chi connectivity index (χ0) is 21.5. The van der Waals surface area contributed by atoms with Gasteiger partial charge in [-0.3, -0.25) is 4.79 Å². The number of aryl methyl sites for hydroxylation is 2. The fraction of sp³-hybridized carbons (Fsp3) is 0.417. The highest BCUT2D eigenvalue weighted by molar-refractivity contribution is 5.93. The van der Waals surface area contributed by atoms with E-state index in [4.69, 9.17) is 4.74 Å². The number of amides is 3. The van der Waals surface area contributed by atoms with Crippen LogP contribution in [-0.2, 0) is 11.3 Å². The molecule has 6 heteroatoms. The van der Waals surface area contributed by atoms with E-state index in [0.717, 1.165) is 35.5 Å². The monoisotopic (exact) mass is 409 g/mol. The van der Waals surface area contributed by atoms with Crippen molar-refractivity contribution in [1.29, 1.82) is 0 Å². The number of carbonyl (C=O) groups excluding carboxylic acids is 2. The number of ether oxygens (including phenoxy) is 1. The molecule has 0 aromatic heterocycles. The maximum atomic E-state index is 12.1. The SMILES string of the molecule is COc1ccc(NC(=O)C2CCCCC2)cc1C.Cc1cccc2c1CNC(=O)N2. The number of benzene rings is 2. The Labute approximate surface area is 178 Å². The highest BCUT2D eigenvalue weighted by Gasteiger charge is 2.21. The van der Waals surface area contributed by atoms with Gasteiger partial charge >= 0.3 is 6.03 Å². The summed E-state index contributed by atoms with van der Waals surface area (Å²) in [7, 11) is 1.66. The molecule has 1 aliphatic heterocycles. The molecule has 2 aromatic rings. The summed E-state index contributed by atoms with van der Waals surface area (Å²) in [5, 5.41) is 8.49. The number of hydrogen-bond donors (Lipinski definition) is 3. The van der Waals surface area contributed by atoms with Gasteiger partial charge in [-0.2, -0.15) is 0 Å². The fourth-order valence-corrected chi connectivity index (χ4v) is 3.95. The van der Waals surface area contributed by atoms with Gasteiger partial charge in [0.25, 0.3) is 0 Å². The Morgan fingerprint density at radius 2 is 1.83 bits per heavy atom. The van der Waals surface area contributed by atoms with Crippen LogP contribution in [0.1, 0.15) is 48.8 Å². The number of carbonyl (C=O) groups is 2. The quantitative estimate of drug-likeness (QED) is 0.656. The van der Waals surface area contributed by atoms with Crippen molar-refractivity contribution in [3.05, 3.63) is 53.1 Å². The average molecular weight is 410 g/mol. The third-order valence-electron chi connectivity index (χ3n) is 5.72. The molecule has 1 heterocycles. The first-order valence-corrected chi connectivity index (χ1v) is 10.6. The van der Waals surface area contributed by atoms with Gasteiger partial charge in [-0.25, -0.2) is 4.79 Å². The minimum absolute atomic E-state index is 0.117. The van der Waals surface area contributed by atoms with Gasteiger partial charge in [0.1, 0.15) is 5.75 Å². The van der Waals surface area contributed by atoms with E-state index < -0.39 is 0 Å². The normalized spacial score (nSPS) is 15.6. The van der Waals surface area contributed by atoms with Gasteiger partial charge < -0.3 is 20.7 Å². The second-order valence-electron chi connectivity index (χ2n) is 7.92. The molecule has 3 amide bonds. The molecule has 2 aromatic carbocycles. The number of rotatable bonds is 3. The molecule has 4 rings (SSSR count). The van der Waals surface area contributed by atoms with Crippen LogP contribution >= 0.6 is 0 Å². The molecule has 1 fully saturated rings. The number of anilines is 2. The average Bonchev–Trinajstić information content (AvgIpc) is 2.75. The summed E-state index contributed by atoms with van der Waals surface area (Å²) >= 11 is 0. The van der Waals surface area contributed by atoms with E-state index in [1.165, 1.54) is 30.4 Å². The smallest absolute Gasteiger partial charge is 0.319 e. The summed E-state index contributed by atoms with van der Waals surface area (Å²) in [4.78, 5) is 23.0. The van der Waals surface area contributed by atoms with Crippen molar-refractivity contribution in [2.24, 2.45) is 5.92 Å². The molecule has 1 saturated carbocycles. The first-order chi connectivity index (χ1) is 14.5. The fourth-order valence-electron chi connectivity index (χ4n) is 3.95. The molecule has 0 saturated heterocycles. The van der Waals surface area contributed by atoms with Crippen molar-refractivity contribution in [2.45, 2.75) is 52.5 Å². The van der Waals surface area contributed by atoms with E-state index in [2.05, 4.69) is 16.0 Å². The summed E-state index contributed by atoms with van der Waals surface area (Å²) in [5.41, 5.74) is 5.22. The summed E-state index contributed by atoms with van der Waals surface area (Å²) in [5.74, 6) is 1.21. The number of methoxy groups -OCH3 is 1. The van der Waals surface area contributed by atoms with Crippen LogP contribution in [0.2, 0.25) is 0 Å². The van der Waals surface area contributed by atoms with Crippen LogP contribution in [0.15, 0.2) is 36.4 Å². The highest BCUT2D eigenvalue weighted by atomic mass is 16.5. The highest BCUT2D eigenvalue weighted by Crippen LogP contribution is 2.26. The molecule has 2 aliphatic rings. The maximum absolute atomic E-state index is 12.1. The maximum Gasteiger partial charge on any atom is 0.319 e. The van der Waals surface area contributed by atoms with Crippen LogP contribution in [-0.4, -0.2) is 19.0 Å². The molecule has 160 valence electrons. The van der Waals surface area contributed by atoms with Crippen LogP contribution in [0, 0.1) is 19.8 Å². The zero-order valence-corrected chi connectivity index (χ0v) is 18.0. The first-order valence-electron chi connectivity index (χ1n) is 10.6. The van der Waals surface area contributed by atoms with E-state index in [1.807, 2.05) is 50.2 Å². The lowest BCUT2D eigenvalue weighted by Gasteiger charge is -2.21. The standard InChI is InChI=1S/C15H21NO2.C9H10N2O/c1-11-10-13(8-9-14(11)18-2)16-15(17)12-6-4-3-5-7-12;1-6-3-2-4-8-7(6)5-10-9(12)11-8/h8-10,12H,3-7H2,1-2H3,(H,16,17);2-4H,5H2,1H3,(H2,10,11,12). The molecule has 30 heavy (non-hydrogen) atoms. The molecular weight excluding hydrogens is 378 g/mol. The summed E-state index contributed by atoms with van der Waals surface area (Å²) in [6, 6.07) is 11.5. The lowest BCUT2D eigenvalue weighted by molar-refractivity contribution is -0.120. The lowest BCUT2D eigenvalue weighted by atomic mass is 9.88. The van der Waals surface area contributed by atoms with Crippen molar-refractivity contribution in [3.8, 4) is 5.75 Å². The topological polar surface area (TPSA) is 79.5 Å². The number of urea groups is 1. The van der Waals surface area contributed by atoms with Crippen LogP contribution < -0.4 is 20.7 Å². The van der Waals surface area contributed by atoms with E-state index in [0.29, 0.717) is 6.54 Å². The summed E-state index contributed by atoms with van der Waals surface area (Å²) < 4.78 is 5.21. The third kappa shape index (κ3) is 5.53. The van der Waals surface area contributed by atoms with Crippen LogP contribution in [0.3, 0.4) is 0 Å². The van der Waals surface area contributed by atoms with Crippen molar-refractivity contribution < 1.29 is 14.3 Å². The van der Waals surface area contributed by atoms with Crippen LogP contribution in [0.5, 0.6) is 5.75 Å². The van der Waals surface area contributed by atoms with E-state index in [9.17, 15) is 9.59 Å². The van der Waals surface area contributed by atoms with E-state index >= 15 is 0 Å². The largest absolute Gasteiger partial charge is 0.496 e. The molecule has 0 unspecified atom stereocenters. The van der Waals surface area contributed by atoms with Gasteiger partial charge in [-0.1, -0.05) is 31.4 Å². The Morgan fingerprint density at radius 1 is 1.07 bits per heavy atom. The number of nitrogens with one attached hydrogen (secondary N) is 3. The van der Waals surface area contributed by atoms with E-state index in [-0.39, 0.29) is 17.9 Å². The van der Waals surface area contributed by atoms with E-state index in [1.54, 1.807) is 7.11 Å². The van der Waals surface area contributed by atoms with Crippen LogP contribution in [0.25, 0.3) is 0 Å². The summed E-state index contributed by atoms with van der Waals surface area (Å²) in [6.45, 7) is 4.65. The minimum Gasteiger partial charge on any atom is -0.496 e. The molecule has 6 nitrogen and oxygen atoms in total. The molecule has 0 bridgehead atoms. The Balaban J connectivity index is 0.000000184. The number of hydrogen-bond acceptors (Lipinski definition) is 3. The van der Waals surface area contributed by atoms with Gasteiger partial charge in [-0.05, 0) is 67.6 Å². The van der Waals surface area contributed by atoms with Crippen molar-refractivity contribution in [3.63, 3.8) is 0 Å². The predicted molar refractivity (Wildman–Crippen MR) is 120 cm³/mol. The Bertz CT molecular complexity index is 905. The Kier molecular flexibility index (Phi) is 7.33. The Morgan fingerprint density at radius 3 is 2.53 bits per heavy atom. The molecule has 0 atom stereocenters. The van der Waals surface area contributed by atoms with Gasteiger partial charge in [0, 0.05) is 23.8 Å². The predicted octanol–water partition coefficient (Wildman–Crippen LogP) is 5.15. The second kappa shape index (κ2) is 10.1. The molecular formula is C24H31N3O3. The van der Waals surface area contributed by atoms with Crippen molar-refractivity contribution in [2.75, 3.05) is 17.7 Å². The lowest BCUT2D eigenvalue weighted by Crippen LogP contribution is -2.33. The van der Waals surface area contributed by atoms with Crippen LogP contribution in [0.4, 0.5) is 16.2 Å². The minimum atomic E-state index is -0.117. The molecule has 3 N–H and O–H groups in total.